The molecule has 0 bridgehead atoms. The molecule has 0 saturated carbocycles. The van der Waals surface area contributed by atoms with Gasteiger partial charge in [0.25, 0.3) is 0 Å². The lowest BCUT2D eigenvalue weighted by Crippen LogP contribution is -2.34. The third-order valence-electron chi connectivity index (χ3n) is 2.11. The maximum absolute atomic E-state index is 5.95. The van der Waals surface area contributed by atoms with E-state index in [0.29, 0.717) is 0 Å². The largest absolute Gasteiger partial charge is 0.378 e. The van der Waals surface area contributed by atoms with Crippen LogP contribution in [0.25, 0.3) is 0 Å². The predicted molar refractivity (Wildman–Crippen MR) is 77.2 cm³/mol. The maximum atomic E-state index is 5.95. The van der Waals surface area contributed by atoms with Gasteiger partial charge in [0, 0.05) is 25.3 Å². The normalized spacial score (nSPS) is 10.1. The molecule has 0 aromatic heterocycles. The lowest BCUT2D eigenvalue weighted by atomic mass is 9.96. The highest BCUT2D eigenvalue weighted by molar-refractivity contribution is 5.85. The number of anilines is 1. The maximum Gasteiger partial charge on any atom is 0.0361 e. The van der Waals surface area contributed by atoms with Crippen LogP contribution in [0.3, 0.4) is 0 Å². The van der Waals surface area contributed by atoms with E-state index in [1.165, 1.54) is 11.3 Å². The van der Waals surface area contributed by atoms with Gasteiger partial charge in [0.05, 0.1) is 0 Å². The third kappa shape index (κ3) is 6.21. The van der Waals surface area contributed by atoms with E-state index >= 15 is 0 Å². The first kappa shape index (κ1) is 17.9. The summed E-state index contributed by atoms with van der Waals surface area (Å²) in [4.78, 5) is 2.09. The molecule has 0 radical (unpaired) electrons. The molecule has 0 fully saturated rings. The second kappa shape index (κ2) is 7.00. The number of benzene rings is 1. The molecule has 4 heteroatoms. The molecule has 16 heavy (non-hydrogen) atoms. The van der Waals surface area contributed by atoms with Gasteiger partial charge in [0.15, 0.2) is 0 Å². The van der Waals surface area contributed by atoms with Crippen LogP contribution < -0.4 is 10.6 Å². The molecule has 0 heterocycles. The number of rotatable bonds is 3. The summed E-state index contributed by atoms with van der Waals surface area (Å²) >= 11 is 0. The van der Waals surface area contributed by atoms with Crippen molar-refractivity contribution < 1.29 is 0 Å². The topological polar surface area (TPSA) is 29.3 Å². The van der Waals surface area contributed by atoms with E-state index in [9.17, 15) is 0 Å². The van der Waals surface area contributed by atoms with E-state index in [-0.39, 0.29) is 30.4 Å². The lowest BCUT2D eigenvalue weighted by Gasteiger charge is -2.19. The van der Waals surface area contributed by atoms with Gasteiger partial charge < -0.3 is 10.6 Å². The van der Waals surface area contributed by atoms with E-state index in [1.807, 2.05) is 27.9 Å². The number of hydrogen-bond donors (Lipinski definition) is 1. The molecule has 94 valence electrons. The molecule has 0 unspecified atom stereocenters. The second-order valence-electron chi connectivity index (χ2n) is 4.73. The first-order valence-electron chi connectivity index (χ1n) is 4.94. The van der Waals surface area contributed by atoms with Gasteiger partial charge in [-0.1, -0.05) is 12.1 Å². The van der Waals surface area contributed by atoms with Crippen molar-refractivity contribution in [1.82, 2.24) is 0 Å². The Hall–Kier alpha value is -0.440. The van der Waals surface area contributed by atoms with Crippen molar-refractivity contribution in [3.63, 3.8) is 0 Å². The Bertz CT molecular complexity index is 289. The zero-order valence-electron chi connectivity index (χ0n) is 10.4. The van der Waals surface area contributed by atoms with E-state index in [0.717, 1.165) is 6.42 Å². The summed E-state index contributed by atoms with van der Waals surface area (Å²) in [5.41, 5.74) is 8.35. The summed E-state index contributed by atoms with van der Waals surface area (Å²) in [6.07, 6.45) is 0.917. The first-order chi connectivity index (χ1) is 6.38. The standard InChI is InChI=1S/C12H20N2.2ClH/c1-12(2,13)9-10-5-7-11(8-6-10)14(3)4;;/h5-8H,9,13H2,1-4H3;2*1H. The van der Waals surface area contributed by atoms with Crippen molar-refractivity contribution in [1.29, 1.82) is 0 Å². The average Bonchev–Trinajstić information content (AvgIpc) is 2.02. The molecule has 0 atom stereocenters. The molecule has 0 aliphatic heterocycles. The molecule has 1 rings (SSSR count). The Morgan fingerprint density at radius 3 is 1.81 bits per heavy atom. The van der Waals surface area contributed by atoms with Crippen LogP contribution in [0, 0.1) is 0 Å². The van der Waals surface area contributed by atoms with Gasteiger partial charge in [-0.25, -0.2) is 0 Å². The molecule has 2 N–H and O–H groups in total. The van der Waals surface area contributed by atoms with Crippen LogP contribution in [0.1, 0.15) is 19.4 Å². The Labute approximate surface area is 111 Å². The van der Waals surface area contributed by atoms with Crippen LogP contribution in [-0.4, -0.2) is 19.6 Å². The Morgan fingerprint density at radius 2 is 1.50 bits per heavy atom. The number of hydrogen-bond acceptors (Lipinski definition) is 2. The van der Waals surface area contributed by atoms with Crippen molar-refractivity contribution in [3.8, 4) is 0 Å². The lowest BCUT2D eigenvalue weighted by molar-refractivity contribution is 0.517. The zero-order valence-corrected chi connectivity index (χ0v) is 12.0. The fraction of sp³-hybridized carbons (Fsp3) is 0.500. The number of nitrogens with zero attached hydrogens (tertiary/aromatic N) is 1. The summed E-state index contributed by atoms with van der Waals surface area (Å²) in [6.45, 7) is 4.10. The van der Waals surface area contributed by atoms with Gasteiger partial charge in [0.1, 0.15) is 0 Å². The Kier molecular flexibility index (Phi) is 7.85. The van der Waals surface area contributed by atoms with Gasteiger partial charge in [-0.15, -0.1) is 24.8 Å². The van der Waals surface area contributed by atoms with Gasteiger partial charge in [-0.05, 0) is 38.0 Å². The number of halogens is 2. The van der Waals surface area contributed by atoms with Crippen molar-refractivity contribution in [3.05, 3.63) is 29.8 Å². The molecule has 0 saturated heterocycles. The van der Waals surface area contributed by atoms with Crippen LogP contribution in [0.2, 0.25) is 0 Å². The molecule has 0 aliphatic rings. The molecule has 0 aliphatic carbocycles. The van der Waals surface area contributed by atoms with Crippen LogP contribution >= 0.6 is 24.8 Å². The summed E-state index contributed by atoms with van der Waals surface area (Å²) in [5, 5.41) is 0. The van der Waals surface area contributed by atoms with Crippen molar-refractivity contribution in [2.45, 2.75) is 25.8 Å². The van der Waals surface area contributed by atoms with E-state index in [2.05, 4.69) is 29.2 Å². The van der Waals surface area contributed by atoms with Gasteiger partial charge >= 0.3 is 0 Å². The molecule has 1 aromatic rings. The minimum atomic E-state index is -0.125. The van der Waals surface area contributed by atoms with E-state index < -0.39 is 0 Å². The smallest absolute Gasteiger partial charge is 0.0361 e. The first-order valence-corrected chi connectivity index (χ1v) is 4.94. The van der Waals surface area contributed by atoms with E-state index in [1.54, 1.807) is 0 Å². The number of nitrogens with two attached hydrogens (primary N) is 1. The highest BCUT2D eigenvalue weighted by Gasteiger charge is 2.11. The fourth-order valence-electron chi connectivity index (χ4n) is 1.44. The van der Waals surface area contributed by atoms with Crippen LogP contribution in [0.15, 0.2) is 24.3 Å². The minimum Gasteiger partial charge on any atom is -0.378 e. The third-order valence-corrected chi connectivity index (χ3v) is 2.11. The Morgan fingerprint density at radius 1 is 1.06 bits per heavy atom. The SMILES string of the molecule is CN(C)c1ccc(CC(C)(C)N)cc1.Cl.Cl. The summed E-state index contributed by atoms with van der Waals surface area (Å²) < 4.78 is 0. The minimum absolute atomic E-state index is 0. The van der Waals surface area contributed by atoms with Gasteiger partial charge in [-0.2, -0.15) is 0 Å². The highest BCUT2D eigenvalue weighted by Crippen LogP contribution is 2.15. The quantitative estimate of drug-likeness (QED) is 0.910. The van der Waals surface area contributed by atoms with Crippen molar-refractivity contribution in [2.24, 2.45) is 5.73 Å². The van der Waals surface area contributed by atoms with Crippen LogP contribution in [-0.2, 0) is 6.42 Å². The zero-order chi connectivity index (χ0) is 10.8. The van der Waals surface area contributed by atoms with Gasteiger partial charge in [-0.3, -0.25) is 0 Å². The van der Waals surface area contributed by atoms with E-state index in [4.69, 9.17) is 5.73 Å². The Balaban J connectivity index is 0. The van der Waals surface area contributed by atoms with Crippen LogP contribution in [0.4, 0.5) is 5.69 Å². The highest BCUT2D eigenvalue weighted by atomic mass is 35.5. The molecule has 2 nitrogen and oxygen atoms in total. The summed E-state index contributed by atoms with van der Waals surface area (Å²) in [6, 6.07) is 8.54. The van der Waals surface area contributed by atoms with Crippen molar-refractivity contribution >= 4 is 30.5 Å². The monoisotopic (exact) mass is 264 g/mol. The summed E-state index contributed by atoms with van der Waals surface area (Å²) in [7, 11) is 4.09. The molecular weight excluding hydrogens is 243 g/mol. The second-order valence-corrected chi connectivity index (χ2v) is 4.73. The van der Waals surface area contributed by atoms with Crippen LogP contribution in [0.5, 0.6) is 0 Å². The predicted octanol–water partition coefficient (Wildman–Crippen LogP) is 2.88. The molecular formula is C12H22Cl2N2. The molecule has 0 amide bonds. The average molecular weight is 265 g/mol. The van der Waals surface area contributed by atoms with Gasteiger partial charge in [0.2, 0.25) is 0 Å². The summed E-state index contributed by atoms with van der Waals surface area (Å²) in [5.74, 6) is 0. The van der Waals surface area contributed by atoms with Crippen molar-refractivity contribution in [2.75, 3.05) is 19.0 Å². The molecule has 0 spiro atoms. The molecule has 1 aromatic carbocycles. The fourth-order valence-corrected chi connectivity index (χ4v) is 1.44.